The molecule has 4 rings (SSSR count). The summed E-state index contributed by atoms with van der Waals surface area (Å²) < 4.78 is 0. The van der Waals surface area contributed by atoms with Crippen molar-refractivity contribution >= 4 is 11.3 Å². The Kier molecular flexibility index (Phi) is 2.88. The zero-order chi connectivity index (χ0) is 13.7. The SMILES string of the molecule is CCCN1CC(C)C=C2c3cccc4c3C(CN4)C[C@@H]21. The highest BCUT2D eigenvalue weighted by Gasteiger charge is 2.39. The summed E-state index contributed by atoms with van der Waals surface area (Å²) in [4.78, 5) is 2.73. The van der Waals surface area contributed by atoms with Crippen LogP contribution in [0.25, 0.3) is 5.57 Å². The molecule has 106 valence electrons. The molecule has 1 aromatic rings. The third kappa shape index (κ3) is 1.74. The molecule has 0 radical (unpaired) electrons. The van der Waals surface area contributed by atoms with Gasteiger partial charge in [-0.3, -0.25) is 4.90 Å². The summed E-state index contributed by atoms with van der Waals surface area (Å²) in [7, 11) is 0. The van der Waals surface area contributed by atoms with Gasteiger partial charge in [0.25, 0.3) is 0 Å². The highest BCUT2D eigenvalue weighted by Crippen LogP contribution is 2.48. The number of nitrogens with zero attached hydrogens (tertiary/aromatic N) is 1. The van der Waals surface area contributed by atoms with Gasteiger partial charge in [0, 0.05) is 30.7 Å². The number of nitrogens with one attached hydrogen (secondary N) is 1. The number of hydrogen-bond donors (Lipinski definition) is 1. The van der Waals surface area contributed by atoms with Crippen LogP contribution in [-0.2, 0) is 0 Å². The third-order valence-corrected chi connectivity index (χ3v) is 5.17. The smallest absolute Gasteiger partial charge is 0.0382 e. The first-order valence-electron chi connectivity index (χ1n) is 8.11. The van der Waals surface area contributed by atoms with Crippen LogP contribution in [0.2, 0.25) is 0 Å². The Bertz CT molecular complexity index is 561. The van der Waals surface area contributed by atoms with Gasteiger partial charge in [-0.15, -0.1) is 0 Å². The van der Waals surface area contributed by atoms with E-state index >= 15 is 0 Å². The van der Waals surface area contributed by atoms with Crippen molar-refractivity contribution in [1.29, 1.82) is 0 Å². The third-order valence-electron chi connectivity index (χ3n) is 5.17. The summed E-state index contributed by atoms with van der Waals surface area (Å²) in [6.45, 7) is 8.26. The summed E-state index contributed by atoms with van der Waals surface area (Å²) in [5, 5.41) is 3.60. The molecule has 20 heavy (non-hydrogen) atoms. The molecule has 3 atom stereocenters. The van der Waals surface area contributed by atoms with E-state index < -0.39 is 0 Å². The summed E-state index contributed by atoms with van der Waals surface area (Å²) >= 11 is 0. The van der Waals surface area contributed by atoms with E-state index in [1.807, 2.05) is 0 Å². The minimum absolute atomic E-state index is 0.652. The largest absolute Gasteiger partial charge is 0.384 e. The first kappa shape index (κ1) is 12.5. The molecule has 2 heterocycles. The quantitative estimate of drug-likeness (QED) is 0.879. The lowest BCUT2D eigenvalue weighted by molar-refractivity contribution is 0.190. The average molecular weight is 268 g/mol. The molecule has 0 bridgehead atoms. The minimum atomic E-state index is 0.652. The van der Waals surface area contributed by atoms with E-state index in [2.05, 4.69) is 48.3 Å². The minimum Gasteiger partial charge on any atom is -0.384 e. The van der Waals surface area contributed by atoms with Crippen molar-refractivity contribution in [2.45, 2.75) is 38.6 Å². The highest BCUT2D eigenvalue weighted by molar-refractivity contribution is 5.81. The molecule has 0 saturated heterocycles. The fourth-order valence-corrected chi connectivity index (χ4v) is 4.46. The predicted octanol–water partition coefficient (Wildman–Crippen LogP) is 3.71. The molecule has 2 nitrogen and oxygen atoms in total. The van der Waals surface area contributed by atoms with Crippen molar-refractivity contribution in [3.05, 3.63) is 35.4 Å². The molecule has 1 N–H and O–H groups in total. The van der Waals surface area contributed by atoms with E-state index in [-0.39, 0.29) is 0 Å². The Morgan fingerprint density at radius 3 is 3.10 bits per heavy atom. The Morgan fingerprint density at radius 1 is 1.35 bits per heavy atom. The van der Waals surface area contributed by atoms with E-state index in [0.29, 0.717) is 12.0 Å². The van der Waals surface area contributed by atoms with Gasteiger partial charge in [-0.2, -0.15) is 0 Å². The lowest BCUT2D eigenvalue weighted by atomic mass is 9.74. The van der Waals surface area contributed by atoms with Crippen molar-refractivity contribution in [1.82, 2.24) is 4.90 Å². The van der Waals surface area contributed by atoms with E-state index in [1.165, 1.54) is 37.2 Å². The molecule has 3 aliphatic rings. The van der Waals surface area contributed by atoms with E-state index in [4.69, 9.17) is 0 Å². The molecule has 0 fully saturated rings. The first-order chi connectivity index (χ1) is 9.78. The molecule has 2 aliphatic heterocycles. The molecule has 0 aromatic heterocycles. The van der Waals surface area contributed by atoms with Crippen LogP contribution < -0.4 is 5.32 Å². The maximum atomic E-state index is 3.60. The molecule has 0 amide bonds. The molecular weight excluding hydrogens is 244 g/mol. The summed E-state index contributed by atoms with van der Waals surface area (Å²) in [5.41, 5.74) is 6.11. The monoisotopic (exact) mass is 268 g/mol. The maximum Gasteiger partial charge on any atom is 0.0382 e. The van der Waals surface area contributed by atoms with Gasteiger partial charge in [0.1, 0.15) is 0 Å². The topological polar surface area (TPSA) is 15.3 Å². The summed E-state index contributed by atoms with van der Waals surface area (Å²) in [6.07, 6.45) is 5.10. The normalized spacial score (nSPS) is 31.3. The van der Waals surface area contributed by atoms with Crippen molar-refractivity contribution in [3.8, 4) is 0 Å². The van der Waals surface area contributed by atoms with Crippen molar-refractivity contribution in [3.63, 3.8) is 0 Å². The van der Waals surface area contributed by atoms with E-state index in [0.717, 1.165) is 12.5 Å². The Labute approximate surface area is 121 Å². The Hall–Kier alpha value is -1.28. The predicted molar refractivity (Wildman–Crippen MR) is 85.1 cm³/mol. The van der Waals surface area contributed by atoms with Crippen LogP contribution in [0.3, 0.4) is 0 Å². The Balaban J connectivity index is 1.82. The number of hydrogen-bond acceptors (Lipinski definition) is 2. The molecule has 1 aliphatic carbocycles. The lowest BCUT2D eigenvalue weighted by Crippen LogP contribution is -2.45. The second-order valence-corrected chi connectivity index (χ2v) is 6.69. The average Bonchev–Trinajstić information content (AvgIpc) is 2.85. The molecule has 2 unspecified atom stereocenters. The van der Waals surface area contributed by atoms with Crippen LogP contribution in [0, 0.1) is 5.92 Å². The fraction of sp³-hybridized carbons (Fsp3) is 0.556. The molecule has 2 heteroatoms. The van der Waals surface area contributed by atoms with Crippen LogP contribution in [0.5, 0.6) is 0 Å². The zero-order valence-electron chi connectivity index (χ0n) is 12.5. The molecule has 1 aromatic carbocycles. The maximum absolute atomic E-state index is 3.60. The van der Waals surface area contributed by atoms with E-state index in [9.17, 15) is 0 Å². The number of benzene rings is 1. The van der Waals surface area contributed by atoms with Crippen LogP contribution in [0.4, 0.5) is 5.69 Å². The van der Waals surface area contributed by atoms with Crippen molar-refractivity contribution in [2.24, 2.45) is 5.92 Å². The van der Waals surface area contributed by atoms with Gasteiger partial charge in [-0.1, -0.05) is 32.1 Å². The van der Waals surface area contributed by atoms with Crippen LogP contribution in [0.1, 0.15) is 43.7 Å². The van der Waals surface area contributed by atoms with Crippen LogP contribution in [0.15, 0.2) is 24.3 Å². The number of anilines is 1. The van der Waals surface area contributed by atoms with Crippen LogP contribution in [-0.4, -0.2) is 30.6 Å². The van der Waals surface area contributed by atoms with Gasteiger partial charge < -0.3 is 5.32 Å². The second kappa shape index (κ2) is 4.63. The van der Waals surface area contributed by atoms with Crippen molar-refractivity contribution in [2.75, 3.05) is 25.0 Å². The van der Waals surface area contributed by atoms with Gasteiger partial charge in [0.15, 0.2) is 0 Å². The van der Waals surface area contributed by atoms with Gasteiger partial charge in [0.2, 0.25) is 0 Å². The van der Waals surface area contributed by atoms with Gasteiger partial charge in [-0.25, -0.2) is 0 Å². The second-order valence-electron chi connectivity index (χ2n) is 6.69. The summed E-state index contributed by atoms with van der Waals surface area (Å²) in [5.74, 6) is 1.39. The summed E-state index contributed by atoms with van der Waals surface area (Å²) in [6, 6.07) is 7.46. The van der Waals surface area contributed by atoms with Gasteiger partial charge in [-0.05, 0) is 48.1 Å². The highest BCUT2D eigenvalue weighted by atomic mass is 15.2. The fourth-order valence-electron chi connectivity index (χ4n) is 4.46. The number of rotatable bonds is 2. The van der Waals surface area contributed by atoms with Crippen LogP contribution >= 0.6 is 0 Å². The lowest BCUT2D eigenvalue weighted by Gasteiger charge is -2.43. The molecule has 0 spiro atoms. The van der Waals surface area contributed by atoms with Crippen molar-refractivity contribution < 1.29 is 0 Å². The van der Waals surface area contributed by atoms with Gasteiger partial charge in [0.05, 0.1) is 0 Å². The standard InChI is InChI=1S/C18H24N2/c1-3-7-20-11-12(2)8-15-14-5-4-6-16-18(14)13(10-19-16)9-17(15)20/h4-6,8,12-13,17,19H,3,7,9-11H2,1-2H3/t12?,13?,17-/m0/s1. The zero-order valence-corrected chi connectivity index (χ0v) is 12.5. The molecule has 0 saturated carbocycles. The Morgan fingerprint density at radius 2 is 2.25 bits per heavy atom. The van der Waals surface area contributed by atoms with Gasteiger partial charge >= 0.3 is 0 Å². The first-order valence-corrected chi connectivity index (χ1v) is 8.11. The van der Waals surface area contributed by atoms with E-state index in [1.54, 1.807) is 11.1 Å². The number of fused-ring (bicyclic) bond motifs is 2. The molecular formula is C18H24N2.